The van der Waals surface area contributed by atoms with Crippen molar-refractivity contribution in [3.05, 3.63) is 170 Å². The highest BCUT2D eigenvalue weighted by molar-refractivity contribution is 6.13. The molecule has 76 heavy (non-hydrogen) atoms. The quantitative estimate of drug-likeness (QED) is 0.158. The van der Waals surface area contributed by atoms with Crippen LogP contribution in [0.3, 0.4) is 0 Å². The van der Waals surface area contributed by atoms with Crippen molar-refractivity contribution < 1.29 is 0 Å². The van der Waals surface area contributed by atoms with Gasteiger partial charge >= 0.3 is 0 Å². The number of aryl methyl sites for hydroxylation is 4. The van der Waals surface area contributed by atoms with E-state index < -0.39 is 0 Å². The predicted octanol–water partition coefficient (Wildman–Crippen LogP) is 23.4. The van der Waals surface area contributed by atoms with Crippen LogP contribution in [0.15, 0.2) is 170 Å². The fourth-order valence-corrected chi connectivity index (χ4v) is 10.3. The minimum atomic E-state index is 0.978. The Hall–Kier alpha value is -7.04. The summed E-state index contributed by atoms with van der Waals surface area (Å²) in [6.07, 6.45) is 0. The van der Waals surface area contributed by atoms with Crippen molar-refractivity contribution in [2.75, 3.05) is 0 Å². The van der Waals surface area contributed by atoms with Gasteiger partial charge in [-0.1, -0.05) is 208 Å². The summed E-state index contributed by atoms with van der Waals surface area (Å²) in [5, 5.41) is 10.7. The fourth-order valence-electron chi connectivity index (χ4n) is 10.3. The maximum atomic E-state index is 2.41. The largest absolute Gasteiger partial charge is 0.341 e. The number of fused-ring (bicyclic) bond motifs is 12. The summed E-state index contributed by atoms with van der Waals surface area (Å²) in [5.41, 5.74) is 15.6. The molecule has 0 radical (unpaired) electrons. The van der Waals surface area contributed by atoms with Crippen LogP contribution in [-0.4, -0.2) is 18.3 Å². The zero-order valence-corrected chi connectivity index (χ0v) is 50.8. The Morgan fingerprint density at radius 2 is 0.355 bits per heavy atom. The summed E-state index contributed by atoms with van der Waals surface area (Å²) < 4.78 is 9.64. The van der Waals surface area contributed by atoms with Gasteiger partial charge in [0.15, 0.2) is 0 Å². The van der Waals surface area contributed by atoms with Crippen molar-refractivity contribution in [3.8, 4) is 22.3 Å². The maximum absolute atomic E-state index is 2.41. The minimum absolute atomic E-state index is 0.978. The molecular formula is C72H96N4. The first kappa shape index (κ1) is 63.3. The molecule has 4 heterocycles. The van der Waals surface area contributed by atoms with Crippen molar-refractivity contribution >= 4 is 87.2 Å². The van der Waals surface area contributed by atoms with Crippen LogP contribution in [0, 0.1) is 0 Å². The Balaban J connectivity index is 0.000000318. The molecule has 12 aromatic rings. The van der Waals surface area contributed by atoms with E-state index in [2.05, 4.69) is 216 Å². The molecule has 0 fully saturated rings. The van der Waals surface area contributed by atoms with E-state index >= 15 is 0 Å². The number of para-hydroxylation sites is 4. The zero-order chi connectivity index (χ0) is 56.5. The molecule has 8 aromatic carbocycles. The lowest BCUT2D eigenvalue weighted by atomic mass is 10.0. The Labute approximate surface area is 460 Å². The third kappa shape index (κ3) is 12.5. The van der Waals surface area contributed by atoms with Gasteiger partial charge in [-0.3, -0.25) is 0 Å². The summed E-state index contributed by atoms with van der Waals surface area (Å²) in [4.78, 5) is 0. The summed E-state index contributed by atoms with van der Waals surface area (Å²) >= 11 is 0. The molecule has 0 aliphatic heterocycles. The Morgan fingerprint density at radius 3 is 0.526 bits per heavy atom. The van der Waals surface area contributed by atoms with Gasteiger partial charge in [0.1, 0.15) is 0 Å². The number of benzene rings is 8. The lowest BCUT2D eigenvalue weighted by Gasteiger charge is -2.06. The average molecular weight is 1020 g/mol. The van der Waals surface area contributed by atoms with E-state index in [9.17, 15) is 0 Å². The number of nitrogens with zero attached hydrogens (tertiary/aromatic N) is 4. The molecule has 0 spiro atoms. The van der Waals surface area contributed by atoms with E-state index in [0.717, 1.165) is 26.2 Å². The number of hydrogen-bond acceptors (Lipinski definition) is 0. The van der Waals surface area contributed by atoms with Gasteiger partial charge < -0.3 is 18.3 Å². The Morgan fingerprint density at radius 1 is 0.197 bits per heavy atom. The second-order valence-corrected chi connectivity index (χ2v) is 16.0. The van der Waals surface area contributed by atoms with Crippen LogP contribution < -0.4 is 0 Å². The molecule has 404 valence electrons. The van der Waals surface area contributed by atoms with Crippen molar-refractivity contribution in [2.24, 2.45) is 0 Å². The van der Waals surface area contributed by atoms with E-state index in [1.54, 1.807) is 0 Å². The Bertz CT molecular complexity index is 3130. The van der Waals surface area contributed by atoms with Gasteiger partial charge in [0, 0.05) is 113 Å². The zero-order valence-electron chi connectivity index (χ0n) is 50.8. The van der Waals surface area contributed by atoms with Crippen molar-refractivity contribution in [2.45, 2.75) is 165 Å². The van der Waals surface area contributed by atoms with E-state index in [1.807, 2.05) is 111 Å². The molecule has 0 atom stereocenters. The lowest BCUT2D eigenvalue weighted by molar-refractivity contribution is 0.827. The molecule has 4 heteroatoms. The van der Waals surface area contributed by atoms with E-state index in [0.29, 0.717) is 0 Å². The standard InChI is InChI=1S/2C28H24N2.8C2H6/c2*1-3-29-25-11-7-5-9-21(25)23-17-19(13-15-27(23)29)20-14-16-28-24(18-20)22-10-6-8-12-26(22)30(28)4-2;8*1-2/h2*5-18H,3-4H2,1-2H3;8*1-2H3. The third-order valence-electron chi connectivity index (χ3n) is 13.0. The molecule has 0 aliphatic rings. The molecule has 0 amide bonds. The molecule has 0 unspecified atom stereocenters. The first-order chi connectivity index (χ1) is 37.6. The van der Waals surface area contributed by atoms with Gasteiger partial charge in [-0.2, -0.15) is 0 Å². The highest BCUT2D eigenvalue weighted by Gasteiger charge is 2.15. The number of aromatic nitrogens is 4. The summed E-state index contributed by atoms with van der Waals surface area (Å²) in [6, 6.07) is 62.6. The van der Waals surface area contributed by atoms with E-state index in [1.165, 1.54) is 109 Å². The second-order valence-electron chi connectivity index (χ2n) is 16.0. The molecule has 12 rings (SSSR count). The normalized spacial score (nSPS) is 10.1. The highest BCUT2D eigenvalue weighted by atomic mass is 15.0. The van der Waals surface area contributed by atoms with Crippen LogP contribution in [0.2, 0.25) is 0 Å². The molecular weight excluding hydrogens is 921 g/mol. The second kappa shape index (κ2) is 32.4. The van der Waals surface area contributed by atoms with Crippen LogP contribution in [0.25, 0.3) is 109 Å². The van der Waals surface area contributed by atoms with Crippen molar-refractivity contribution in [1.29, 1.82) is 0 Å². The van der Waals surface area contributed by atoms with Gasteiger partial charge in [-0.25, -0.2) is 0 Å². The van der Waals surface area contributed by atoms with Crippen molar-refractivity contribution in [3.63, 3.8) is 0 Å². The molecule has 0 aliphatic carbocycles. The predicted molar refractivity (Wildman–Crippen MR) is 349 cm³/mol. The molecule has 0 bridgehead atoms. The average Bonchev–Trinajstić information content (AvgIpc) is 4.25. The van der Waals surface area contributed by atoms with Crippen LogP contribution in [0.5, 0.6) is 0 Å². The van der Waals surface area contributed by atoms with Gasteiger partial charge in [0.25, 0.3) is 0 Å². The topological polar surface area (TPSA) is 19.7 Å². The molecule has 0 saturated heterocycles. The lowest BCUT2D eigenvalue weighted by Crippen LogP contribution is -1.93. The monoisotopic (exact) mass is 1020 g/mol. The first-order valence-corrected chi connectivity index (χ1v) is 29.6. The van der Waals surface area contributed by atoms with Gasteiger partial charge in [0.05, 0.1) is 0 Å². The smallest absolute Gasteiger partial charge is 0.0491 e. The third-order valence-corrected chi connectivity index (χ3v) is 13.0. The summed E-state index contributed by atoms with van der Waals surface area (Å²) in [6.45, 7) is 44.8. The van der Waals surface area contributed by atoms with Crippen LogP contribution in [0.4, 0.5) is 0 Å². The molecule has 4 aromatic heterocycles. The fraction of sp³-hybridized carbons (Fsp3) is 0.333. The van der Waals surface area contributed by atoms with Crippen LogP contribution in [-0.2, 0) is 26.2 Å². The molecule has 0 N–H and O–H groups in total. The van der Waals surface area contributed by atoms with Crippen LogP contribution in [0.1, 0.15) is 138 Å². The summed E-state index contributed by atoms with van der Waals surface area (Å²) in [7, 11) is 0. The van der Waals surface area contributed by atoms with Gasteiger partial charge in [-0.05, 0) is 123 Å². The Kier molecular flexibility index (Phi) is 27.0. The highest BCUT2D eigenvalue weighted by Crippen LogP contribution is 2.38. The number of hydrogen-bond donors (Lipinski definition) is 0. The van der Waals surface area contributed by atoms with Crippen molar-refractivity contribution in [1.82, 2.24) is 18.3 Å². The molecule has 4 nitrogen and oxygen atoms in total. The first-order valence-electron chi connectivity index (χ1n) is 29.6. The van der Waals surface area contributed by atoms with Gasteiger partial charge in [-0.15, -0.1) is 0 Å². The number of rotatable bonds is 6. The maximum Gasteiger partial charge on any atom is 0.0491 e. The SMILES string of the molecule is CC.CC.CC.CC.CC.CC.CC.CC.CCn1c2ccccc2c2cc(-c3ccc4c(c3)c3ccccc3n4CC)ccc21.CCn1c2ccccc2c2cc(-c3ccc4c(c3)c3ccccc3n4CC)ccc21. The van der Waals surface area contributed by atoms with E-state index in [-0.39, 0.29) is 0 Å². The van der Waals surface area contributed by atoms with Gasteiger partial charge in [0.2, 0.25) is 0 Å². The van der Waals surface area contributed by atoms with E-state index in [4.69, 9.17) is 0 Å². The minimum Gasteiger partial charge on any atom is -0.341 e. The summed E-state index contributed by atoms with van der Waals surface area (Å²) in [5.74, 6) is 0. The van der Waals surface area contributed by atoms with Crippen LogP contribution >= 0.6 is 0 Å². The molecule has 0 saturated carbocycles.